The van der Waals surface area contributed by atoms with Gasteiger partial charge in [-0.1, -0.05) is 91.0 Å². The number of aromatic nitrogens is 2. The van der Waals surface area contributed by atoms with Crippen molar-refractivity contribution in [3.05, 3.63) is 139 Å². The second-order valence-electron chi connectivity index (χ2n) is 11.1. The maximum Gasteiger partial charge on any atom is 0.137 e. The Morgan fingerprint density at radius 2 is 1.48 bits per heavy atom. The van der Waals surface area contributed by atoms with Crippen molar-refractivity contribution in [3.63, 3.8) is 0 Å². The second kappa shape index (κ2) is 9.05. The van der Waals surface area contributed by atoms with Gasteiger partial charge in [-0.2, -0.15) is 0 Å². The quantitative estimate of drug-likeness (QED) is 0.224. The zero-order chi connectivity index (χ0) is 27.6. The van der Waals surface area contributed by atoms with Gasteiger partial charge in [0.25, 0.3) is 0 Å². The number of furan rings is 1. The van der Waals surface area contributed by atoms with Crippen molar-refractivity contribution in [2.24, 2.45) is 0 Å². The fourth-order valence-corrected chi connectivity index (χ4v) is 6.80. The molecule has 0 amide bonds. The van der Waals surface area contributed by atoms with Crippen molar-refractivity contribution < 1.29 is 4.42 Å². The third-order valence-corrected chi connectivity index (χ3v) is 8.66. The van der Waals surface area contributed by atoms with Crippen LogP contribution in [0.3, 0.4) is 0 Å². The van der Waals surface area contributed by atoms with Gasteiger partial charge in [0.2, 0.25) is 0 Å². The van der Waals surface area contributed by atoms with Gasteiger partial charge in [0.1, 0.15) is 11.2 Å². The zero-order valence-corrected chi connectivity index (χ0v) is 22.9. The number of para-hydroxylation sites is 2. The molecule has 0 unspecified atom stereocenters. The predicted molar refractivity (Wildman–Crippen MR) is 174 cm³/mol. The van der Waals surface area contributed by atoms with E-state index in [9.17, 15) is 0 Å². The van der Waals surface area contributed by atoms with E-state index in [-0.39, 0.29) is 0 Å². The van der Waals surface area contributed by atoms with Crippen LogP contribution in [0.5, 0.6) is 0 Å². The first-order valence-electron chi connectivity index (χ1n) is 14.5. The number of hydrogen-bond acceptors (Lipinski definition) is 2. The second-order valence-corrected chi connectivity index (χ2v) is 11.1. The largest absolute Gasteiger partial charge is 0.456 e. The number of fused-ring (bicyclic) bond motifs is 7. The summed E-state index contributed by atoms with van der Waals surface area (Å²) in [7, 11) is 0. The lowest BCUT2D eigenvalue weighted by Crippen LogP contribution is -2.02. The summed E-state index contributed by atoms with van der Waals surface area (Å²) in [6.45, 7) is 0. The van der Waals surface area contributed by atoms with Crippen LogP contribution < -0.4 is 0 Å². The van der Waals surface area contributed by atoms with E-state index < -0.39 is 0 Å². The number of allylic oxidation sites excluding steroid dienone is 1. The molecule has 0 fully saturated rings. The molecule has 0 aliphatic heterocycles. The molecule has 0 atom stereocenters. The molecule has 3 heteroatoms. The van der Waals surface area contributed by atoms with Gasteiger partial charge in [-0.3, -0.25) is 0 Å². The molecule has 3 aromatic heterocycles. The van der Waals surface area contributed by atoms with Crippen LogP contribution in [0.2, 0.25) is 0 Å². The van der Waals surface area contributed by atoms with E-state index in [1.165, 1.54) is 22.2 Å². The summed E-state index contributed by atoms with van der Waals surface area (Å²) in [5.41, 5.74) is 12.2. The number of pyridine rings is 1. The Morgan fingerprint density at radius 1 is 0.643 bits per heavy atom. The smallest absolute Gasteiger partial charge is 0.137 e. The number of hydrogen-bond donors (Lipinski definition) is 0. The zero-order valence-electron chi connectivity index (χ0n) is 22.9. The van der Waals surface area contributed by atoms with Crippen LogP contribution >= 0.6 is 0 Å². The van der Waals surface area contributed by atoms with Gasteiger partial charge < -0.3 is 8.98 Å². The van der Waals surface area contributed by atoms with Gasteiger partial charge in [-0.25, -0.2) is 4.98 Å². The van der Waals surface area contributed by atoms with Gasteiger partial charge in [-0.05, 0) is 60.4 Å². The van der Waals surface area contributed by atoms with Crippen LogP contribution in [0.15, 0.2) is 132 Å². The van der Waals surface area contributed by atoms with Gasteiger partial charge in [0.15, 0.2) is 0 Å². The van der Waals surface area contributed by atoms with Crippen molar-refractivity contribution in [1.82, 2.24) is 9.55 Å². The Labute approximate surface area is 243 Å². The monoisotopic (exact) mass is 538 g/mol. The van der Waals surface area contributed by atoms with E-state index in [1.807, 2.05) is 6.07 Å². The molecule has 42 heavy (non-hydrogen) atoms. The highest BCUT2D eigenvalue weighted by Crippen LogP contribution is 2.42. The molecular weight excluding hydrogens is 512 g/mol. The molecule has 0 N–H and O–H groups in total. The standard InChI is InChI=1S/C39H26N2O/c1-2-11-25(12-3-1)34-24-32(27-13-4-7-17-33(27)40-34)30-16-10-20-37-39(30)31-22-21-26(23-38(31)42-37)41-35-18-8-5-14-28(35)29-15-6-9-19-36(29)41/h1-8,10-18,20-24H,9,19H2. The summed E-state index contributed by atoms with van der Waals surface area (Å²) in [6.07, 6.45) is 6.66. The van der Waals surface area contributed by atoms with E-state index in [2.05, 4.69) is 132 Å². The van der Waals surface area contributed by atoms with Crippen LogP contribution in [0.1, 0.15) is 17.7 Å². The molecule has 5 aromatic carbocycles. The topological polar surface area (TPSA) is 31.0 Å². The van der Waals surface area contributed by atoms with Crippen molar-refractivity contribution in [2.75, 3.05) is 0 Å². The molecule has 0 saturated heterocycles. The highest BCUT2D eigenvalue weighted by Gasteiger charge is 2.20. The van der Waals surface area contributed by atoms with Crippen LogP contribution in [0.25, 0.3) is 77.9 Å². The SMILES string of the molecule is C1=Cc2c(n(-c3ccc4c(c3)oc3cccc(-c5cc(-c6ccccc6)nc6ccccc56)c34)c3ccccc23)CC1. The lowest BCUT2D eigenvalue weighted by atomic mass is 9.94. The highest BCUT2D eigenvalue weighted by atomic mass is 16.3. The Balaban J connectivity index is 1.29. The van der Waals surface area contributed by atoms with E-state index in [1.54, 1.807) is 0 Å². The molecule has 8 aromatic rings. The Kier molecular flexibility index (Phi) is 5.02. The Morgan fingerprint density at radius 3 is 2.40 bits per heavy atom. The van der Waals surface area contributed by atoms with E-state index in [0.717, 1.165) is 73.8 Å². The predicted octanol–water partition coefficient (Wildman–Crippen LogP) is 10.4. The van der Waals surface area contributed by atoms with Crippen LogP contribution in [-0.2, 0) is 6.42 Å². The molecule has 9 rings (SSSR count). The minimum atomic E-state index is 0.893. The van der Waals surface area contributed by atoms with Gasteiger partial charge in [0, 0.05) is 50.1 Å². The third-order valence-electron chi connectivity index (χ3n) is 8.66. The Bertz CT molecular complexity index is 2350. The molecule has 1 aliphatic rings. The summed E-state index contributed by atoms with van der Waals surface area (Å²) in [5.74, 6) is 0. The summed E-state index contributed by atoms with van der Waals surface area (Å²) < 4.78 is 9.01. The summed E-state index contributed by atoms with van der Waals surface area (Å²) in [4.78, 5) is 5.03. The first kappa shape index (κ1) is 23.3. The fraction of sp³-hybridized carbons (Fsp3) is 0.0513. The first-order chi connectivity index (χ1) is 20.8. The average molecular weight is 539 g/mol. The minimum absolute atomic E-state index is 0.893. The number of rotatable bonds is 3. The number of nitrogens with zero attached hydrogens (tertiary/aromatic N) is 2. The average Bonchev–Trinajstić information content (AvgIpc) is 3.60. The van der Waals surface area contributed by atoms with Crippen molar-refractivity contribution in [1.29, 1.82) is 0 Å². The maximum absolute atomic E-state index is 6.59. The highest BCUT2D eigenvalue weighted by molar-refractivity contribution is 6.15. The number of benzene rings is 5. The normalized spacial score (nSPS) is 13.0. The maximum atomic E-state index is 6.59. The lowest BCUT2D eigenvalue weighted by molar-refractivity contribution is 0.668. The van der Waals surface area contributed by atoms with E-state index in [0.29, 0.717) is 0 Å². The molecule has 0 radical (unpaired) electrons. The molecule has 198 valence electrons. The van der Waals surface area contributed by atoms with Crippen molar-refractivity contribution in [3.8, 4) is 28.1 Å². The first-order valence-corrected chi connectivity index (χ1v) is 14.5. The molecular formula is C39H26N2O. The van der Waals surface area contributed by atoms with E-state index in [4.69, 9.17) is 9.40 Å². The van der Waals surface area contributed by atoms with Gasteiger partial charge >= 0.3 is 0 Å². The fourth-order valence-electron chi connectivity index (χ4n) is 6.80. The molecule has 0 bridgehead atoms. The summed E-state index contributed by atoms with van der Waals surface area (Å²) in [6, 6.07) is 42.9. The van der Waals surface area contributed by atoms with Crippen molar-refractivity contribution >= 4 is 49.8 Å². The molecule has 1 aliphatic carbocycles. The summed E-state index contributed by atoms with van der Waals surface area (Å²) in [5, 5.41) is 4.69. The minimum Gasteiger partial charge on any atom is -0.456 e. The third kappa shape index (κ3) is 3.44. The molecule has 0 spiro atoms. The van der Waals surface area contributed by atoms with Crippen molar-refractivity contribution in [2.45, 2.75) is 12.8 Å². The van der Waals surface area contributed by atoms with E-state index >= 15 is 0 Å². The van der Waals surface area contributed by atoms with Gasteiger partial charge in [-0.15, -0.1) is 0 Å². The molecule has 3 nitrogen and oxygen atoms in total. The Hall–Kier alpha value is -5.41. The molecule has 3 heterocycles. The lowest BCUT2D eigenvalue weighted by Gasteiger charge is -2.13. The summed E-state index contributed by atoms with van der Waals surface area (Å²) >= 11 is 0. The van der Waals surface area contributed by atoms with Crippen LogP contribution in [0.4, 0.5) is 0 Å². The van der Waals surface area contributed by atoms with Crippen LogP contribution in [0, 0.1) is 0 Å². The van der Waals surface area contributed by atoms with Gasteiger partial charge in [0.05, 0.1) is 16.7 Å². The van der Waals surface area contributed by atoms with Crippen LogP contribution in [-0.4, -0.2) is 9.55 Å². The molecule has 0 saturated carbocycles.